The first kappa shape index (κ1) is 14.9. The molecule has 3 nitrogen and oxygen atoms in total. The Morgan fingerprint density at radius 2 is 1.62 bits per heavy atom. The van der Waals surface area contributed by atoms with Crippen molar-refractivity contribution in [2.45, 2.75) is 12.2 Å². The summed E-state index contributed by atoms with van der Waals surface area (Å²) < 4.78 is 2.18. The molecule has 21 heavy (non-hydrogen) atoms. The number of allylic oxidation sites excluding steroid dienone is 1. The second kappa shape index (κ2) is 5.97. The molecule has 0 bridgehead atoms. The first-order valence-corrected chi connectivity index (χ1v) is 10.1. The van der Waals surface area contributed by atoms with Crippen LogP contribution < -0.4 is 0 Å². The topological polar surface area (TPSA) is 60.7 Å². The molecule has 0 saturated carbocycles. The molecule has 3 rings (SSSR count). The van der Waals surface area contributed by atoms with Crippen LogP contribution >= 0.6 is 0 Å². The zero-order valence-electron chi connectivity index (χ0n) is 11.1. The van der Waals surface area contributed by atoms with E-state index in [-0.39, 0.29) is 41.2 Å². The molecular formula is C16H14O3Se2. The fourth-order valence-corrected chi connectivity index (χ4v) is 5.00. The molecule has 0 aromatic carbocycles. The Morgan fingerprint density at radius 3 is 2.19 bits per heavy atom. The van der Waals surface area contributed by atoms with Gasteiger partial charge in [0.15, 0.2) is 0 Å². The SMILES string of the molecule is OC1=CC(=Cc2ccc[se]2)C(O)(O)CC1=Cc1ccc[se]1. The summed E-state index contributed by atoms with van der Waals surface area (Å²) in [6.07, 6.45) is 5.07. The molecule has 0 unspecified atom stereocenters. The molecular weight excluding hydrogens is 398 g/mol. The Kier molecular flexibility index (Phi) is 4.23. The Morgan fingerprint density at radius 1 is 1.00 bits per heavy atom. The number of aliphatic hydroxyl groups excluding tert-OH is 1. The third kappa shape index (κ3) is 3.41. The monoisotopic (exact) mass is 414 g/mol. The van der Waals surface area contributed by atoms with Crippen molar-refractivity contribution in [3.8, 4) is 0 Å². The summed E-state index contributed by atoms with van der Waals surface area (Å²) in [6, 6.07) is 7.88. The van der Waals surface area contributed by atoms with E-state index in [0.29, 0.717) is 11.1 Å². The molecule has 0 atom stereocenters. The van der Waals surface area contributed by atoms with Crippen LogP contribution in [-0.4, -0.2) is 50.1 Å². The van der Waals surface area contributed by atoms with E-state index < -0.39 is 5.79 Å². The van der Waals surface area contributed by atoms with Gasteiger partial charge in [0.05, 0.1) is 0 Å². The van der Waals surface area contributed by atoms with Gasteiger partial charge in [-0.15, -0.1) is 0 Å². The van der Waals surface area contributed by atoms with E-state index in [1.807, 2.05) is 30.3 Å². The Hall–Kier alpha value is -1.06. The van der Waals surface area contributed by atoms with Crippen LogP contribution in [0.15, 0.2) is 57.1 Å². The average Bonchev–Trinajstić information content (AvgIpc) is 3.08. The summed E-state index contributed by atoms with van der Waals surface area (Å²) in [5.41, 5.74) is 0.913. The maximum atomic E-state index is 10.3. The van der Waals surface area contributed by atoms with Gasteiger partial charge >= 0.3 is 135 Å². The van der Waals surface area contributed by atoms with Gasteiger partial charge in [0.2, 0.25) is 0 Å². The van der Waals surface area contributed by atoms with Gasteiger partial charge in [-0.05, 0) is 0 Å². The fraction of sp³-hybridized carbons (Fsp3) is 0.125. The van der Waals surface area contributed by atoms with Crippen molar-refractivity contribution in [3.05, 3.63) is 66.0 Å². The molecule has 2 aromatic heterocycles. The van der Waals surface area contributed by atoms with E-state index in [1.54, 1.807) is 6.08 Å². The van der Waals surface area contributed by atoms with Crippen LogP contribution in [0.5, 0.6) is 0 Å². The molecule has 2 aromatic rings. The van der Waals surface area contributed by atoms with Gasteiger partial charge < -0.3 is 0 Å². The molecule has 0 radical (unpaired) electrons. The minimum atomic E-state index is -1.93. The van der Waals surface area contributed by atoms with E-state index in [0.717, 1.165) is 8.87 Å². The second-order valence-corrected chi connectivity index (χ2v) is 8.93. The predicted molar refractivity (Wildman–Crippen MR) is 85.2 cm³/mol. The average molecular weight is 412 g/mol. The number of aliphatic hydroxyl groups is 3. The summed E-state index contributed by atoms with van der Waals surface area (Å²) in [6.45, 7) is 0. The number of hydrogen-bond donors (Lipinski definition) is 3. The van der Waals surface area contributed by atoms with Gasteiger partial charge in [-0.25, -0.2) is 0 Å². The van der Waals surface area contributed by atoms with Crippen molar-refractivity contribution < 1.29 is 15.3 Å². The van der Waals surface area contributed by atoms with Crippen molar-refractivity contribution in [2.24, 2.45) is 0 Å². The Balaban J connectivity index is 1.98. The Labute approximate surface area is 134 Å². The third-order valence-electron chi connectivity index (χ3n) is 3.22. The number of rotatable bonds is 2. The van der Waals surface area contributed by atoms with Crippen molar-refractivity contribution in [1.29, 1.82) is 0 Å². The molecule has 108 valence electrons. The van der Waals surface area contributed by atoms with Gasteiger partial charge in [-0.2, -0.15) is 0 Å². The Bertz CT molecular complexity index is 705. The van der Waals surface area contributed by atoms with Crippen LogP contribution in [0.4, 0.5) is 0 Å². The first-order valence-electron chi connectivity index (χ1n) is 6.40. The molecule has 0 aliphatic heterocycles. The normalized spacial score (nSPS) is 21.7. The summed E-state index contributed by atoms with van der Waals surface area (Å²) in [5, 5.41) is 30.7. The second-order valence-electron chi connectivity index (χ2n) is 4.82. The van der Waals surface area contributed by atoms with Crippen molar-refractivity contribution in [3.63, 3.8) is 0 Å². The van der Waals surface area contributed by atoms with Crippen LogP contribution in [0, 0.1) is 0 Å². The van der Waals surface area contributed by atoms with Crippen LogP contribution in [0.3, 0.4) is 0 Å². The number of hydrogen-bond acceptors (Lipinski definition) is 3. The van der Waals surface area contributed by atoms with Gasteiger partial charge in [0.25, 0.3) is 0 Å². The van der Waals surface area contributed by atoms with Crippen LogP contribution in [0.2, 0.25) is 0 Å². The zero-order valence-corrected chi connectivity index (χ0v) is 14.5. The van der Waals surface area contributed by atoms with Gasteiger partial charge in [0, 0.05) is 0 Å². The van der Waals surface area contributed by atoms with Crippen LogP contribution in [0.1, 0.15) is 15.3 Å². The molecule has 1 aliphatic rings. The molecule has 0 fully saturated rings. The summed E-state index contributed by atoms with van der Waals surface area (Å²) in [5.74, 6) is -1.82. The van der Waals surface area contributed by atoms with Gasteiger partial charge in [-0.3, -0.25) is 0 Å². The van der Waals surface area contributed by atoms with E-state index >= 15 is 0 Å². The van der Waals surface area contributed by atoms with E-state index in [4.69, 9.17) is 0 Å². The third-order valence-corrected chi connectivity index (χ3v) is 6.66. The predicted octanol–water partition coefficient (Wildman–Crippen LogP) is 1.79. The standard InChI is InChI=1S/C16H14O3Se2/c17-15-9-12(8-14-4-2-6-21-14)16(18,19)10-11(15)7-13-3-1-5-20-13/h1-9,17-19H,10H2. The van der Waals surface area contributed by atoms with Crippen molar-refractivity contribution >= 4 is 41.2 Å². The summed E-state index contributed by atoms with van der Waals surface area (Å²) in [4.78, 5) is 4.15. The molecule has 0 saturated heterocycles. The maximum absolute atomic E-state index is 10.3. The molecule has 0 amide bonds. The van der Waals surface area contributed by atoms with E-state index in [9.17, 15) is 15.3 Å². The summed E-state index contributed by atoms with van der Waals surface area (Å²) >= 11 is 0.491. The van der Waals surface area contributed by atoms with E-state index in [2.05, 4.69) is 9.88 Å². The summed E-state index contributed by atoms with van der Waals surface area (Å²) in [7, 11) is 0. The zero-order chi connectivity index (χ0) is 14.9. The van der Waals surface area contributed by atoms with Gasteiger partial charge in [-0.1, -0.05) is 0 Å². The van der Waals surface area contributed by atoms with Gasteiger partial charge in [0.1, 0.15) is 0 Å². The van der Waals surface area contributed by atoms with Crippen LogP contribution in [-0.2, 0) is 0 Å². The minimum absolute atomic E-state index is 0.00228. The molecule has 3 N–H and O–H groups in total. The van der Waals surface area contributed by atoms with E-state index in [1.165, 1.54) is 6.08 Å². The van der Waals surface area contributed by atoms with Crippen LogP contribution in [0.25, 0.3) is 12.2 Å². The quantitative estimate of drug-likeness (QED) is 0.521. The molecule has 5 heteroatoms. The van der Waals surface area contributed by atoms with Crippen molar-refractivity contribution in [2.75, 3.05) is 0 Å². The molecule has 1 aliphatic carbocycles. The molecule has 2 heterocycles. The first-order chi connectivity index (χ1) is 10.0. The molecule has 0 spiro atoms. The van der Waals surface area contributed by atoms with Crippen molar-refractivity contribution in [1.82, 2.24) is 0 Å². The fourth-order valence-electron chi connectivity index (χ4n) is 2.17.